The molecule has 0 aliphatic carbocycles. The van der Waals surface area contributed by atoms with Crippen molar-refractivity contribution < 1.29 is 4.79 Å². The number of carbonyl (C=O) groups is 1. The largest absolute Gasteiger partial charge is 0.346 e. The number of hydrogen-bond acceptors (Lipinski definition) is 5. The van der Waals surface area contributed by atoms with Gasteiger partial charge in [-0.05, 0) is 44.2 Å². The fourth-order valence-corrected chi connectivity index (χ4v) is 3.40. The third-order valence-corrected chi connectivity index (χ3v) is 4.93. The first-order valence-electron chi connectivity index (χ1n) is 9.71. The molecular weight excluding hydrogens is 380 g/mol. The summed E-state index contributed by atoms with van der Waals surface area (Å²) in [6, 6.07) is 11.0. The third kappa shape index (κ3) is 3.59. The molecule has 4 rings (SSSR count). The van der Waals surface area contributed by atoms with Crippen molar-refractivity contribution in [3.05, 3.63) is 76.0 Å². The van der Waals surface area contributed by atoms with Crippen LogP contribution in [0.4, 0.5) is 0 Å². The first-order chi connectivity index (χ1) is 14.5. The zero-order valence-electron chi connectivity index (χ0n) is 17.1. The Labute approximate surface area is 173 Å². The number of carbonyl (C=O) groups excluding carboxylic acids is 1. The lowest BCUT2D eigenvalue weighted by molar-refractivity contribution is 0.0948. The molecule has 0 aliphatic rings. The van der Waals surface area contributed by atoms with E-state index in [-0.39, 0.29) is 17.5 Å². The Bertz CT molecular complexity index is 1290. The van der Waals surface area contributed by atoms with E-state index < -0.39 is 5.91 Å². The highest BCUT2D eigenvalue weighted by Crippen LogP contribution is 2.17. The maximum Gasteiger partial charge on any atom is 0.257 e. The van der Waals surface area contributed by atoms with Gasteiger partial charge in [0.05, 0.1) is 29.0 Å². The van der Waals surface area contributed by atoms with Crippen molar-refractivity contribution >= 4 is 16.9 Å². The predicted octanol–water partition coefficient (Wildman–Crippen LogP) is 2.45. The topological polar surface area (TPSA) is 94.7 Å². The minimum absolute atomic E-state index is 0.0934. The van der Waals surface area contributed by atoms with E-state index in [9.17, 15) is 9.59 Å². The van der Waals surface area contributed by atoms with Gasteiger partial charge in [0.25, 0.3) is 5.91 Å². The van der Waals surface area contributed by atoms with Crippen molar-refractivity contribution in [3.63, 3.8) is 0 Å². The number of hydrogen-bond donors (Lipinski definition) is 1. The van der Waals surface area contributed by atoms with Gasteiger partial charge in [-0.2, -0.15) is 5.10 Å². The van der Waals surface area contributed by atoms with Crippen LogP contribution in [0.25, 0.3) is 22.4 Å². The predicted molar refractivity (Wildman–Crippen MR) is 114 cm³/mol. The van der Waals surface area contributed by atoms with E-state index in [1.54, 1.807) is 29.2 Å². The lowest BCUT2D eigenvalue weighted by Crippen LogP contribution is -2.30. The zero-order chi connectivity index (χ0) is 21.3. The smallest absolute Gasteiger partial charge is 0.257 e. The van der Waals surface area contributed by atoms with Crippen molar-refractivity contribution in [1.82, 2.24) is 29.6 Å². The van der Waals surface area contributed by atoms with Crippen LogP contribution in [0.15, 0.2) is 53.6 Å². The van der Waals surface area contributed by atoms with Crippen molar-refractivity contribution in [1.29, 1.82) is 0 Å². The Morgan fingerprint density at radius 1 is 1.20 bits per heavy atom. The molecule has 1 amide bonds. The number of fused-ring (bicyclic) bond motifs is 1. The highest BCUT2D eigenvalue weighted by molar-refractivity contribution is 5.96. The average molecular weight is 402 g/mol. The summed E-state index contributed by atoms with van der Waals surface area (Å²) in [7, 11) is 1.83. The molecule has 4 aromatic rings. The molecule has 0 aliphatic heterocycles. The number of aromatic nitrogens is 5. The molecule has 1 N–H and O–H groups in total. The molecule has 0 radical (unpaired) electrons. The summed E-state index contributed by atoms with van der Waals surface area (Å²) >= 11 is 0. The quantitative estimate of drug-likeness (QED) is 0.553. The molecular formula is C22H22N6O2. The second-order valence-electron chi connectivity index (χ2n) is 7.02. The van der Waals surface area contributed by atoms with Crippen LogP contribution in [-0.4, -0.2) is 30.2 Å². The van der Waals surface area contributed by atoms with Crippen molar-refractivity contribution in [2.24, 2.45) is 7.05 Å². The normalized spacial score (nSPS) is 11.0. The molecule has 8 heteroatoms. The monoisotopic (exact) mass is 402 g/mol. The molecule has 0 bridgehead atoms. The molecule has 0 aromatic carbocycles. The average Bonchev–Trinajstić information content (AvgIpc) is 3.13. The maximum atomic E-state index is 12.9. The molecule has 152 valence electrons. The van der Waals surface area contributed by atoms with Crippen LogP contribution in [-0.2, 0) is 20.1 Å². The van der Waals surface area contributed by atoms with Gasteiger partial charge in [-0.25, -0.2) is 4.98 Å². The molecule has 0 saturated heterocycles. The van der Waals surface area contributed by atoms with Gasteiger partial charge in [0.15, 0.2) is 0 Å². The van der Waals surface area contributed by atoms with Gasteiger partial charge in [-0.1, -0.05) is 6.07 Å². The van der Waals surface area contributed by atoms with E-state index in [1.807, 2.05) is 49.7 Å². The number of rotatable bonds is 5. The van der Waals surface area contributed by atoms with Crippen LogP contribution < -0.4 is 10.7 Å². The Morgan fingerprint density at radius 3 is 2.77 bits per heavy atom. The number of aryl methyl sites for hydroxylation is 3. The summed E-state index contributed by atoms with van der Waals surface area (Å²) in [5.74, 6) is -0.435. The Morgan fingerprint density at radius 2 is 2.03 bits per heavy atom. The van der Waals surface area contributed by atoms with Crippen LogP contribution in [0.5, 0.6) is 0 Å². The fourth-order valence-electron chi connectivity index (χ4n) is 3.40. The van der Waals surface area contributed by atoms with E-state index >= 15 is 0 Å². The second kappa shape index (κ2) is 7.90. The van der Waals surface area contributed by atoms with Gasteiger partial charge >= 0.3 is 0 Å². The lowest BCUT2D eigenvalue weighted by Gasteiger charge is -2.11. The first kappa shape index (κ1) is 19.5. The van der Waals surface area contributed by atoms with Gasteiger partial charge in [-0.3, -0.25) is 19.3 Å². The molecule has 0 fully saturated rings. The molecule has 4 aromatic heterocycles. The summed E-state index contributed by atoms with van der Waals surface area (Å²) in [6.45, 7) is 4.62. The van der Waals surface area contributed by atoms with Crippen LogP contribution in [0, 0.1) is 6.92 Å². The number of amides is 1. The SMILES string of the molecule is CCn1cc(C(=O)NCc2cc(-c3ccccn3)n(C)n2)c(=O)c2ccc(C)nc21. The zero-order valence-corrected chi connectivity index (χ0v) is 17.1. The molecule has 0 saturated carbocycles. The number of nitrogens with one attached hydrogen (secondary N) is 1. The van der Waals surface area contributed by atoms with Crippen molar-refractivity contribution in [2.75, 3.05) is 0 Å². The van der Waals surface area contributed by atoms with Gasteiger partial charge in [0, 0.05) is 31.7 Å². The molecule has 8 nitrogen and oxygen atoms in total. The van der Waals surface area contributed by atoms with E-state index in [0.717, 1.165) is 17.1 Å². The molecule has 0 unspecified atom stereocenters. The van der Waals surface area contributed by atoms with Crippen LogP contribution in [0.2, 0.25) is 0 Å². The standard InChI is InChI=1S/C22H22N6O2/c1-4-28-13-17(20(29)16-9-8-14(2)25-21(16)28)22(30)24-12-15-11-19(27(3)26-15)18-7-5-6-10-23-18/h5-11,13H,4,12H2,1-3H3,(H,24,30). The summed E-state index contributed by atoms with van der Waals surface area (Å²) in [6.07, 6.45) is 3.29. The van der Waals surface area contributed by atoms with Crippen molar-refractivity contribution in [2.45, 2.75) is 26.9 Å². The van der Waals surface area contributed by atoms with Gasteiger partial charge < -0.3 is 9.88 Å². The fraction of sp³-hybridized carbons (Fsp3) is 0.227. The molecule has 4 heterocycles. The van der Waals surface area contributed by atoms with Gasteiger partial charge in [0.1, 0.15) is 11.2 Å². The summed E-state index contributed by atoms with van der Waals surface area (Å²) in [5.41, 5.74) is 3.50. The molecule has 0 atom stereocenters. The highest BCUT2D eigenvalue weighted by Gasteiger charge is 2.17. The van der Waals surface area contributed by atoms with Gasteiger partial charge in [-0.15, -0.1) is 0 Å². The van der Waals surface area contributed by atoms with Crippen LogP contribution in [0.1, 0.15) is 28.7 Å². The van der Waals surface area contributed by atoms with E-state index in [1.165, 1.54) is 0 Å². The number of pyridine rings is 3. The van der Waals surface area contributed by atoms with Crippen LogP contribution >= 0.6 is 0 Å². The maximum absolute atomic E-state index is 12.9. The summed E-state index contributed by atoms with van der Waals surface area (Å²) in [4.78, 5) is 34.4. The van der Waals surface area contributed by atoms with E-state index in [2.05, 4.69) is 20.4 Å². The summed E-state index contributed by atoms with van der Waals surface area (Å²) < 4.78 is 3.54. The van der Waals surface area contributed by atoms with Gasteiger partial charge in [0.2, 0.25) is 5.43 Å². The highest BCUT2D eigenvalue weighted by atomic mass is 16.2. The molecule has 30 heavy (non-hydrogen) atoms. The van der Waals surface area contributed by atoms with Crippen LogP contribution in [0.3, 0.4) is 0 Å². The second-order valence-corrected chi connectivity index (χ2v) is 7.02. The Balaban J connectivity index is 1.59. The minimum Gasteiger partial charge on any atom is -0.346 e. The first-order valence-corrected chi connectivity index (χ1v) is 9.71. The third-order valence-electron chi connectivity index (χ3n) is 4.93. The minimum atomic E-state index is -0.435. The van der Waals surface area contributed by atoms with E-state index in [4.69, 9.17) is 0 Å². The van der Waals surface area contributed by atoms with Crippen molar-refractivity contribution in [3.8, 4) is 11.4 Å². The number of nitrogens with zero attached hydrogens (tertiary/aromatic N) is 5. The summed E-state index contributed by atoms with van der Waals surface area (Å²) in [5, 5.41) is 7.68. The van der Waals surface area contributed by atoms with E-state index in [0.29, 0.717) is 23.3 Å². The molecule has 0 spiro atoms. The lowest BCUT2D eigenvalue weighted by atomic mass is 10.1. The Kier molecular flexibility index (Phi) is 5.14. The Hall–Kier alpha value is -3.81.